The van der Waals surface area contributed by atoms with Crippen molar-refractivity contribution in [1.82, 2.24) is 5.32 Å². The van der Waals surface area contributed by atoms with Crippen molar-refractivity contribution in [2.24, 2.45) is 28.6 Å². The minimum Gasteiger partial charge on any atom is -0.353 e. The van der Waals surface area contributed by atoms with Gasteiger partial charge in [-0.25, -0.2) is 0 Å². The van der Waals surface area contributed by atoms with Crippen molar-refractivity contribution < 1.29 is 4.79 Å². The topological polar surface area (TPSA) is 29.1 Å². The quantitative estimate of drug-likeness (QED) is 0.731. The molecule has 0 spiro atoms. The summed E-state index contributed by atoms with van der Waals surface area (Å²) in [5, 5.41) is 3.42. The summed E-state index contributed by atoms with van der Waals surface area (Å²) < 4.78 is 0. The van der Waals surface area contributed by atoms with Gasteiger partial charge in [-0.3, -0.25) is 4.79 Å². The number of carbonyl (C=O) groups excluding carboxylic acids is 1. The van der Waals surface area contributed by atoms with Crippen LogP contribution in [0.1, 0.15) is 76.7 Å². The van der Waals surface area contributed by atoms with E-state index in [-0.39, 0.29) is 5.91 Å². The Hall–Kier alpha value is -1.31. The van der Waals surface area contributed by atoms with E-state index in [1.54, 1.807) is 0 Å². The van der Waals surface area contributed by atoms with Gasteiger partial charge >= 0.3 is 0 Å². The van der Waals surface area contributed by atoms with E-state index >= 15 is 0 Å². The molecule has 140 valence electrons. The smallest absolute Gasteiger partial charge is 0.220 e. The van der Waals surface area contributed by atoms with E-state index in [9.17, 15) is 4.79 Å². The lowest BCUT2D eigenvalue weighted by Crippen LogP contribution is -2.62. The highest BCUT2D eigenvalue weighted by Gasteiger charge is 2.60. The summed E-state index contributed by atoms with van der Waals surface area (Å²) in [5.41, 5.74) is 2.38. The van der Waals surface area contributed by atoms with Crippen LogP contribution in [0.2, 0.25) is 0 Å². The van der Waals surface area contributed by atoms with Gasteiger partial charge in [-0.15, -0.1) is 0 Å². The van der Waals surface area contributed by atoms with Gasteiger partial charge in [0.25, 0.3) is 0 Å². The van der Waals surface area contributed by atoms with Crippen LogP contribution in [0, 0.1) is 28.6 Å². The van der Waals surface area contributed by atoms with E-state index in [1.807, 2.05) is 0 Å². The number of rotatable bonds is 1. The zero-order valence-corrected chi connectivity index (χ0v) is 16.3. The number of nitrogens with one attached hydrogen (secondary N) is 1. The molecule has 0 unspecified atom stereocenters. The summed E-state index contributed by atoms with van der Waals surface area (Å²) in [4.78, 5) is 12.2. The van der Waals surface area contributed by atoms with Gasteiger partial charge in [0.05, 0.1) is 0 Å². The van der Waals surface area contributed by atoms with Gasteiger partial charge < -0.3 is 5.32 Å². The zero-order chi connectivity index (χ0) is 17.9. The number of piperidine rings is 1. The summed E-state index contributed by atoms with van der Waals surface area (Å²) in [6.45, 7) is 5.09. The predicted molar refractivity (Wildman–Crippen MR) is 105 cm³/mol. The van der Waals surface area contributed by atoms with E-state index in [2.05, 4.69) is 49.5 Å². The molecule has 1 aromatic rings. The molecule has 0 aromatic heterocycles. The van der Waals surface area contributed by atoms with Crippen LogP contribution >= 0.6 is 0 Å². The molecule has 1 amide bonds. The van der Waals surface area contributed by atoms with Crippen molar-refractivity contribution >= 4 is 5.91 Å². The first-order chi connectivity index (χ1) is 12.5. The summed E-state index contributed by atoms with van der Waals surface area (Å²) in [7, 11) is 0. The highest BCUT2D eigenvalue weighted by Crippen LogP contribution is 2.66. The van der Waals surface area contributed by atoms with Gasteiger partial charge in [0.15, 0.2) is 0 Å². The molecule has 1 saturated heterocycles. The Morgan fingerprint density at radius 1 is 1.00 bits per heavy atom. The van der Waals surface area contributed by atoms with Crippen LogP contribution in [-0.4, -0.2) is 11.9 Å². The normalized spacial score (nSPS) is 47.5. The molecule has 7 atom stereocenters. The molecule has 4 fully saturated rings. The number of fused-ring (bicyclic) bond motifs is 5. The molecule has 0 radical (unpaired) electrons. The monoisotopic (exact) mass is 351 g/mol. The SMILES string of the molecule is C[C@@]12CCC[C@H]1[C@@H]1[C@@H](c3ccccc3)C[C@H]3NC(=O)CC[C@]3(C)[C@H]1CC2. The Labute approximate surface area is 158 Å². The molecule has 1 aromatic carbocycles. The molecule has 3 saturated carbocycles. The third-order valence-corrected chi connectivity index (χ3v) is 9.16. The lowest BCUT2D eigenvalue weighted by atomic mass is 9.44. The fourth-order valence-electron chi connectivity index (χ4n) is 7.75. The van der Waals surface area contributed by atoms with Gasteiger partial charge in [0, 0.05) is 12.5 Å². The molecule has 26 heavy (non-hydrogen) atoms. The molecule has 2 heteroatoms. The van der Waals surface area contributed by atoms with Crippen LogP contribution in [-0.2, 0) is 4.79 Å². The van der Waals surface area contributed by atoms with E-state index in [4.69, 9.17) is 0 Å². The van der Waals surface area contributed by atoms with Crippen molar-refractivity contribution in [1.29, 1.82) is 0 Å². The molecule has 3 aliphatic carbocycles. The van der Waals surface area contributed by atoms with Crippen LogP contribution in [0.25, 0.3) is 0 Å². The Balaban J connectivity index is 1.59. The van der Waals surface area contributed by atoms with Gasteiger partial charge in [0.2, 0.25) is 5.91 Å². The first-order valence-electron chi connectivity index (χ1n) is 10.9. The molecule has 5 rings (SSSR count). The van der Waals surface area contributed by atoms with Crippen LogP contribution in [0.3, 0.4) is 0 Å². The molecular formula is C24H33NO. The third kappa shape index (κ3) is 2.33. The fraction of sp³-hybridized carbons (Fsp3) is 0.708. The number of hydrogen-bond donors (Lipinski definition) is 1. The maximum Gasteiger partial charge on any atom is 0.220 e. The van der Waals surface area contributed by atoms with E-state index in [0.717, 1.165) is 37.0 Å². The molecule has 0 bridgehead atoms. The van der Waals surface area contributed by atoms with Crippen molar-refractivity contribution in [2.45, 2.75) is 77.2 Å². The predicted octanol–water partition coefficient (Wildman–Crippen LogP) is 5.29. The third-order valence-electron chi connectivity index (χ3n) is 9.16. The zero-order valence-electron chi connectivity index (χ0n) is 16.3. The molecule has 1 N–H and O–H groups in total. The average Bonchev–Trinajstić information content (AvgIpc) is 3.04. The minimum atomic E-state index is 0.277. The first-order valence-corrected chi connectivity index (χ1v) is 10.9. The molecule has 4 aliphatic rings. The highest BCUT2D eigenvalue weighted by atomic mass is 16.1. The second-order valence-corrected chi connectivity index (χ2v) is 10.3. The fourth-order valence-corrected chi connectivity index (χ4v) is 7.75. The largest absolute Gasteiger partial charge is 0.353 e. The Morgan fingerprint density at radius 2 is 1.81 bits per heavy atom. The van der Waals surface area contributed by atoms with E-state index < -0.39 is 0 Å². The number of amides is 1. The Bertz CT molecular complexity index is 699. The summed E-state index contributed by atoms with van der Waals surface area (Å²) in [6.07, 6.45) is 10.0. The molecule has 1 heterocycles. The minimum absolute atomic E-state index is 0.277. The Morgan fingerprint density at radius 3 is 2.62 bits per heavy atom. The van der Waals surface area contributed by atoms with Gasteiger partial charge in [-0.1, -0.05) is 50.6 Å². The number of hydrogen-bond acceptors (Lipinski definition) is 1. The van der Waals surface area contributed by atoms with Crippen molar-refractivity contribution in [3.8, 4) is 0 Å². The van der Waals surface area contributed by atoms with Crippen LogP contribution < -0.4 is 5.32 Å². The lowest BCUT2D eigenvalue weighted by Gasteiger charge is -2.62. The average molecular weight is 352 g/mol. The lowest BCUT2D eigenvalue weighted by molar-refractivity contribution is -0.137. The van der Waals surface area contributed by atoms with Crippen LogP contribution in [0.4, 0.5) is 0 Å². The van der Waals surface area contributed by atoms with E-state index in [0.29, 0.717) is 22.8 Å². The van der Waals surface area contributed by atoms with Crippen molar-refractivity contribution in [2.75, 3.05) is 0 Å². The van der Waals surface area contributed by atoms with Gasteiger partial charge in [-0.2, -0.15) is 0 Å². The second-order valence-electron chi connectivity index (χ2n) is 10.3. The highest BCUT2D eigenvalue weighted by molar-refractivity contribution is 5.77. The van der Waals surface area contributed by atoms with Gasteiger partial charge in [-0.05, 0) is 78.6 Å². The second kappa shape index (κ2) is 5.84. The summed E-state index contributed by atoms with van der Waals surface area (Å²) in [6, 6.07) is 11.6. The first kappa shape index (κ1) is 16.8. The molecule has 1 aliphatic heterocycles. The van der Waals surface area contributed by atoms with Crippen molar-refractivity contribution in [3.63, 3.8) is 0 Å². The van der Waals surface area contributed by atoms with Crippen molar-refractivity contribution in [3.05, 3.63) is 35.9 Å². The maximum atomic E-state index is 12.2. The summed E-state index contributed by atoms with van der Waals surface area (Å²) in [5.74, 6) is 3.33. The standard InChI is InChI=1S/C24H33NO/c1-23-12-6-9-18(23)22-17(16-7-4-3-5-8-16)15-20-24(2,19(22)10-13-23)14-11-21(26)25-20/h3-5,7-8,17-20,22H,6,9-15H2,1-2H3,(H,25,26)/t17-,18+,19+,20-,22+,23+,24-/m1/s1. The maximum absolute atomic E-state index is 12.2. The molecule has 2 nitrogen and oxygen atoms in total. The van der Waals surface area contributed by atoms with Crippen LogP contribution in [0.15, 0.2) is 30.3 Å². The summed E-state index contributed by atoms with van der Waals surface area (Å²) >= 11 is 0. The van der Waals surface area contributed by atoms with Gasteiger partial charge in [0.1, 0.15) is 0 Å². The molecular weight excluding hydrogens is 318 g/mol. The number of benzene rings is 1. The Kier molecular flexibility index (Phi) is 3.78. The number of carbonyl (C=O) groups is 1. The van der Waals surface area contributed by atoms with Crippen LogP contribution in [0.5, 0.6) is 0 Å². The van der Waals surface area contributed by atoms with E-state index in [1.165, 1.54) is 37.7 Å².